The molecule has 2 aliphatic rings. The zero-order valence-electron chi connectivity index (χ0n) is 24.3. The maximum Gasteiger partial charge on any atom is 0.407 e. The van der Waals surface area contributed by atoms with Crippen molar-refractivity contribution in [2.75, 3.05) is 19.7 Å². The number of benzene rings is 3. The molecule has 1 heterocycles. The average Bonchev–Trinajstić information content (AvgIpc) is 3.32. The van der Waals surface area contributed by atoms with Gasteiger partial charge >= 0.3 is 6.09 Å². The van der Waals surface area contributed by atoms with Crippen LogP contribution in [0.15, 0.2) is 66.7 Å². The van der Waals surface area contributed by atoms with E-state index in [0.717, 1.165) is 42.6 Å². The van der Waals surface area contributed by atoms with Gasteiger partial charge in [0.2, 0.25) is 0 Å². The van der Waals surface area contributed by atoms with Gasteiger partial charge < -0.3 is 24.4 Å². The van der Waals surface area contributed by atoms with E-state index in [1.165, 1.54) is 0 Å². The van der Waals surface area contributed by atoms with Gasteiger partial charge in [0.1, 0.15) is 30.5 Å². The summed E-state index contributed by atoms with van der Waals surface area (Å²) in [5.41, 5.74) is 2.50. The van der Waals surface area contributed by atoms with Crippen LogP contribution in [0, 0.1) is 24.6 Å². The molecule has 42 heavy (non-hydrogen) atoms. The Morgan fingerprint density at radius 3 is 2.57 bits per heavy atom. The molecule has 5 rings (SSSR count). The standard InChI is InChI=1S/C34H39FN2O5/c1-23-11-14-28-21-37(33(38)31(28)32(23)35)20-25-12-15-27(16-13-25)24(2)42-30-10-6-9-29(19-30)40-18-17-36-34(39)41-22-26-7-4-3-5-8-26/h3-11,14,19,24-25,27H,12-13,15-18,20-22H2,1-2H3,(H,36,39)/t24?,25-,27-. The number of nitrogens with one attached hydrogen (secondary N) is 1. The predicted octanol–water partition coefficient (Wildman–Crippen LogP) is 6.67. The van der Waals surface area contributed by atoms with Crippen LogP contribution >= 0.6 is 0 Å². The SMILES string of the molecule is Cc1ccc2c(c1F)C(=O)N(C[C@H]1CC[C@H](C(C)Oc3cccc(OCCNC(=O)OCc4ccccc4)c3)CC1)C2. The second-order valence-electron chi connectivity index (χ2n) is 11.3. The average molecular weight is 575 g/mol. The van der Waals surface area contributed by atoms with Gasteiger partial charge in [-0.2, -0.15) is 0 Å². The van der Waals surface area contributed by atoms with Crippen molar-refractivity contribution in [3.05, 3.63) is 94.8 Å². The molecule has 2 amide bonds. The number of ether oxygens (including phenoxy) is 3. The van der Waals surface area contributed by atoms with Crippen LogP contribution in [0.25, 0.3) is 0 Å². The van der Waals surface area contributed by atoms with Gasteiger partial charge in [0.05, 0.1) is 18.2 Å². The fraction of sp³-hybridized carbons (Fsp3) is 0.412. The number of carbonyl (C=O) groups is 2. The van der Waals surface area contributed by atoms with Crippen molar-refractivity contribution in [1.29, 1.82) is 0 Å². The van der Waals surface area contributed by atoms with E-state index in [1.54, 1.807) is 13.0 Å². The van der Waals surface area contributed by atoms with Crippen LogP contribution in [-0.4, -0.2) is 42.7 Å². The minimum Gasteiger partial charge on any atom is -0.492 e. The minimum atomic E-state index is -0.482. The summed E-state index contributed by atoms with van der Waals surface area (Å²) in [7, 11) is 0. The molecule has 3 aromatic carbocycles. The number of amides is 2. The molecule has 0 saturated heterocycles. The summed E-state index contributed by atoms with van der Waals surface area (Å²) < 4.78 is 31.8. The van der Waals surface area contributed by atoms with Crippen molar-refractivity contribution in [2.45, 2.75) is 58.8 Å². The van der Waals surface area contributed by atoms with E-state index in [-0.39, 0.29) is 30.0 Å². The van der Waals surface area contributed by atoms with Gasteiger partial charge in [-0.25, -0.2) is 9.18 Å². The molecule has 1 fully saturated rings. The Kier molecular flexibility index (Phi) is 9.62. The molecule has 0 radical (unpaired) electrons. The summed E-state index contributed by atoms with van der Waals surface area (Å²) >= 11 is 0. The lowest BCUT2D eigenvalue weighted by molar-refractivity contribution is 0.0682. The van der Waals surface area contributed by atoms with Crippen molar-refractivity contribution in [3.63, 3.8) is 0 Å². The second-order valence-corrected chi connectivity index (χ2v) is 11.3. The highest BCUT2D eigenvalue weighted by molar-refractivity contribution is 5.98. The molecule has 222 valence electrons. The van der Waals surface area contributed by atoms with Gasteiger partial charge in [0.15, 0.2) is 0 Å². The largest absolute Gasteiger partial charge is 0.492 e. The molecule has 1 unspecified atom stereocenters. The fourth-order valence-corrected chi connectivity index (χ4v) is 5.86. The van der Waals surface area contributed by atoms with E-state index in [1.807, 2.05) is 65.6 Å². The number of hydrogen-bond acceptors (Lipinski definition) is 5. The highest BCUT2D eigenvalue weighted by atomic mass is 19.1. The molecular formula is C34H39FN2O5. The highest BCUT2D eigenvalue weighted by Crippen LogP contribution is 2.35. The number of alkyl carbamates (subject to hydrolysis) is 1. The van der Waals surface area contributed by atoms with E-state index in [0.29, 0.717) is 49.4 Å². The van der Waals surface area contributed by atoms with Crippen molar-refractivity contribution in [2.24, 2.45) is 11.8 Å². The number of halogens is 1. The Labute approximate surface area is 247 Å². The summed E-state index contributed by atoms with van der Waals surface area (Å²) in [6, 6.07) is 20.7. The van der Waals surface area contributed by atoms with Gasteiger partial charge in [-0.1, -0.05) is 48.5 Å². The van der Waals surface area contributed by atoms with Crippen molar-refractivity contribution < 1.29 is 28.2 Å². The zero-order chi connectivity index (χ0) is 29.5. The Balaban J connectivity index is 1.01. The quantitative estimate of drug-likeness (QED) is 0.259. The molecule has 3 aromatic rings. The first-order valence-electron chi connectivity index (χ1n) is 14.8. The Morgan fingerprint density at radius 1 is 1.02 bits per heavy atom. The summed E-state index contributed by atoms with van der Waals surface area (Å²) in [4.78, 5) is 26.6. The molecule has 0 bridgehead atoms. The van der Waals surface area contributed by atoms with E-state index in [9.17, 15) is 14.0 Å². The summed E-state index contributed by atoms with van der Waals surface area (Å²) in [5, 5.41) is 2.70. The normalized spacial score (nSPS) is 18.7. The molecule has 1 N–H and O–H groups in total. The lowest BCUT2D eigenvalue weighted by Crippen LogP contribution is -2.34. The maximum atomic E-state index is 14.5. The summed E-state index contributed by atoms with van der Waals surface area (Å²) in [5.74, 6) is 1.70. The number of nitrogens with zero attached hydrogens (tertiary/aromatic N) is 1. The molecule has 1 atom stereocenters. The third kappa shape index (κ3) is 7.41. The Hall–Kier alpha value is -4.07. The Bertz CT molecular complexity index is 1370. The van der Waals surface area contributed by atoms with Crippen LogP contribution in [0.2, 0.25) is 0 Å². The van der Waals surface area contributed by atoms with Crippen LogP contribution in [0.3, 0.4) is 0 Å². The molecule has 7 nitrogen and oxygen atoms in total. The molecule has 1 saturated carbocycles. The Morgan fingerprint density at radius 2 is 1.79 bits per heavy atom. The van der Waals surface area contributed by atoms with Crippen molar-refractivity contribution in [1.82, 2.24) is 10.2 Å². The van der Waals surface area contributed by atoms with E-state index in [2.05, 4.69) is 12.2 Å². The van der Waals surface area contributed by atoms with Gasteiger partial charge in [-0.15, -0.1) is 0 Å². The lowest BCUT2D eigenvalue weighted by atomic mass is 9.79. The minimum absolute atomic E-state index is 0.0389. The number of carbonyl (C=O) groups excluding carboxylic acids is 2. The molecule has 8 heteroatoms. The van der Waals surface area contributed by atoms with Crippen molar-refractivity contribution in [3.8, 4) is 11.5 Å². The first-order chi connectivity index (χ1) is 20.4. The van der Waals surface area contributed by atoms with Crippen LogP contribution in [0.5, 0.6) is 11.5 Å². The molecular weight excluding hydrogens is 535 g/mol. The van der Waals surface area contributed by atoms with Crippen molar-refractivity contribution >= 4 is 12.0 Å². The molecule has 0 aromatic heterocycles. The van der Waals surface area contributed by atoms with Gasteiger partial charge in [-0.3, -0.25) is 4.79 Å². The first-order valence-corrected chi connectivity index (χ1v) is 14.8. The first kappa shape index (κ1) is 29.4. The summed E-state index contributed by atoms with van der Waals surface area (Å²) in [6.45, 7) is 5.83. The molecule has 1 aliphatic heterocycles. The number of hydrogen-bond donors (Lipinski definition) is 1. The molecule has 0 spiro atoms. The van der Waals surface area contributed by atoms with Crippen LogP contribution in [-0.2, 0) is 17.9 Å². The second kappa shape index (κ2) is 13.7. The lowest BCUT2D eigenvalue weighted by Gasteiger charge is -2.34. The van der Waals surface area contributed by atoms with Gasteiger partial charge in [0, 0.05) is 19.2 Å². The van der Waals surface area contributed by atoms with E-state index in [4.69, 9.17) is 14.2 Å². The number of rotatable bonds is 11. The number of aryl methyl sites for hydroxylation is 1. The monoisotopic (exact) mass is 574 g/mol. The number of fused-ring (bicyclic) bond motifs is 1. The summed E-state index contributed by atoms with van der Waals surface area (Å²) in [6.07, 6.45) is 3.64. The van der Waals surface area contributed by atoms with Gasteiger partial charge in [-0.05, 0) is 80.2 Å². The third-order valence-electron chi connectivity index (χ3n) is 8.30. The van der Waals surface area contributed by atoms with Crippen LogP contribution in [0.1, 0.15) is 59.7 Å². The topological polar surface area (TPSA) is 77.1 Å². The van der Waals surface area contributed by atoms with Gasteiger partial charge in [0.25, 0.3) is 5.91 Å². The molecule has 1 aliphatic carbocycles. The van der Waals surface area contributed by atoms with Crippen LogP contribution < -0.4 is 14.8 Å². The fourth-order valence-electron chi connectivity index (χ4n) is 5.86. The zero-order valence-corrected chi connectivity index (χ0v) is 24.3. The maximum absolute atomic E-state index is 14.5. The van der Waals surface area contributed by atoms with E-state index >= 15 is 0 Å². The smallest absolute Gasteiger partial charge is 0.407 e. The predicted molar refractivity (Wildman–Crippen MR) is 158 cm³/mol. The third-order valence-corrected chi connectivity index (χ3v) is 8.30. The van der Waals surface area contributed by atoms with E-state index < -0.39 is 6.09 Å². The van der Waals surface area contributed by atoms with Crippen LogP contribution in [0.4, 0.5) is 9.18 Å². The highest BCUT2D eigenvalue weighted by Gasteiger charge is 2.34.